The third-order valence-corrected chi connectivity index (χ3v) is 4.94. The molecular weight excluding hydrogens is 304 g/mol. The van der Waals surface area contributed by atoms with Gasteiger partial charge >= 0.3 is 0 Å². The number of rotatable bonds is 2. The number of hydrogen-bond acceptors (Lipinski definition) is 3. The molecule has 4 heteroatoms. The van der Waals surface area contributed by atoms with E-state index in [-0.39, 0.29) is 11.5 Å². The minimum Gasteiger partial charge on any atom is -0.341 e. The van der Waals surface area contributed by atoms with Crippen LogP contribution in [-0.2, 0) is 4.79 Å². The summed E-state index contributed by atoms with van der Waals surface area (Å²) in [4.78, 5) is 16.2. The van der Waals surface area contributed by atoms with E-state index in [1.807, 2.05) is 48.5 Å². The molecular formula is C19H15N2OS. The van der Waals surface area contributed by atoms with Crippen molar-refractivity contribution in [1.82, 2.24) is 4.90 Å². The van der Waals surface area contributed by atoms with E-state index >= 15 is 0 Å². The predicted molar refractivity (Wildman–Crippen MR) is 91.6 cm³/mol. The summed E-state index contributed by atoms with van der Waals surface area (Å²) < 4.78 is 0. The van der Waals surface area contributed by atoms with E-state index in [1.165, 1.54) is 4.90 Å². The molecule has 3 rings (SSSR count). The van der Waals surface area contributed by atoms with Crippen molar-refractivity contribution < 1.29 is 4.79 Å². The highest BCUT2D eigenvalue weighted by Gasteiger charge is 2.27. The van der Waals surface area contributed by atoms with Crippen LogP contribution in [0.5, 0.6) is 0 Å². The molecule has 0 bridgehead atoms. The van der Waals surface area contributed by atoms with E-state index in [1.54, 1.807) is 18.8 Å². The molecule has 0 saturated carbocycles. The van der Waals surface area contributed by atoms with Crippen molar-refractivity contribution in [1.29, 1.82) is 5.26 Å². The van der Waals surface area contributed by atoms with Crippen molar-refractivity contribution in [2.75, 3.05) is 13.6 Å². The van der Waals surface area contributed by atoms with E-state index < -0.39 is 0 Å². The zero-order valence-electron chi connectivity index (χ0n) is 12.7. The molecule has 1 amide bonds. The van der Waals surface area contributed by atoms with Crippen LogP contribution in [0.2, 0.25) is 0 Å². The summed E-state index contributed by atoms with van der Waals surface area (Å²) >= 11 is 1.66. The molecule has 0 spiro atoms. The summed E-state index contributed by atoms with van der Waals surface area (Å²) in [6.07, 6.45) is 0. The second-order valence-electron chi connectivity index (χ2n) is 5.18. The number of carbonyl (C=O) groups excluding carboxylic acids is 1. The molecule has 3 nitrogen and oxygen atoms in total. The van der Waals surface area contributed by atoms with E-state index in [9.17, 15) is 10.1 Å². The van der Waals surface area contributed by atoms with Crippen molar-refractivity contribution in [2.45, 2.75) is 9.79 Å². The number of nitriles is 1. The summed E-state index contributed by atoms with van der Waals surface area (Å²) in [5, 5.41) is 9.66. The SMILES string of the molecule is [CH2]CN(C)C(=O)C(C#N)=C1c2ccccc2Sc2ccccc21. The largest absolute Gasteiger partial charge is 0.341 e. The Labute approximate surface area is 140 Å². The third-order valence-electron chi connectivity index (χ3n) is 3.79. The van der Waals surface area contributed by atoms with E-state index in [0.29, 0.717) is 12.1 Å². The molecule has 23 heavy (non-hydrogen) atoms. The first-order valence-corrected chi connectivity index (χ1v) is 8.04. The van der Waals surface area contributed by atoms with Gasteiger partial charge in [0.15, 0.2) is 0 Å². The molecule has 0 N–H and O–H groups in total. The first kappa shape index (κ1) is 15.4. The quantitative estimate of drug-likeness (QED) is 0.533. The maximum absolute atomic E-state index is 12.6. The second kappa shape index (κ2) is 6.31. The molecule has 0 atom stereocenters. The smallest absolute Gasteiger partial charge is 0.264 e. The van der Waals surface area contributed by atoms with Crippen molar-refractivity contribution in [3.05, 3.63) is 72.2 Å². The van der Waals surface area contributed by atoms with Gasteiger partial charge in [-0.1, -0.05) is 48.2 Å². The molecule has 0 fully saturated rings. The van der Waals surface area contributed by atoms with Crippen LogP contribution >= 0.6 is 11.8 Å². The Bertz CT molecular complexity index is 801. The van der Waals surface area contributed by atoms with Crippen molar-refractivity contribution in [2.24, 2.45) is 0 Å². The number of likely N-dealkylation sites (N-methyl/N-ethyl adjacent to an activating group) is 1. The van der Waals surface area contributed by atoms with Gasteiger partial charge in [0.2, 0.25) is 0 Å². The maximum Gasteiger partial charge on any atom is 0.264 e. The number of benzene rings is 2. The highest BCUT2D eigenvalue weighted by molar-refractivity contribution is 7.99. The first-order valence-electron chi connectivity index (χ1n) is 7.23. The Morgan fingerprint density at radius 2 is 1.65 bits per heavy atom. The number of carbonyl (C=O) groups is 1. The van der Waals surface area contributed by atoms with Crippen LogP contribution in [-0.4, -0.2) is 24.4 Å². The Morgan fingerprint density at radius 1 is 1.13 bits per heavy atom. The van der Waals surface area contributed by atoms with Crippen molar-refractivity contribution >= 4 is 23.2 Å². The highest BCUT2D eigenvalue weighted by Crippen LogP contribution is 2.46. The van der Waals surface area contributed by atoms with Gasteiger partial charge in [0.25, 0.3) is 5.91 Å². The lowest BCUT2D eigenvalue weighted by molar-refractivity contribution is -0.124. The molecule has 0 aromatic heterocycles. The van der Waals surface area contributed by atoms with E-state index in [4.69, 9.17) is 0 Å². The van der Waals surface area contributed by atoms with Gasteiger partial charge < -0.3 is 4.90 Å². The van der Waals surface area contributed by atoms with Gasteiger partial charge in [-0.2, -0.15) is 5.26 Å². The summed E-state index contributed by atoms with van der Waals surface area (Å²) in [7, 11) is 1.66. The third kappa shape index (κ3) is 2.64. The molecule has 1 aliphatic heterocycles. The maximum atomic E-state index is 12.6. The lowest BCUT2D eigenvalue weighted by Crippen LogP contribution is -2.28. The normalized spacial score (nSPS) is 12.0. The van der Waals surface area contributed by atoms with Crippen LogP contribution in [0.1, 0.15) is 11.1 Å². The minimum absolute atomic E-state index is 0.163. The minimum atomic E-state index is -0.297. The summed E-state index contributed by atoms with van der Waals surface area (Å²) in [6, 6.07) is 17.9. The molecule has 0 unspecified atom stereocenters. The Hall–Kier alpha value is -2.51. The summed E-state index contributed by atoms with van der Waals surface area (Å²) in [5.41, 5.74) is 2.73. The van der Waals surface area contributed by atoms with Crippen LogP contribution < -0.4 is 0 Å². The van der Waals surface area contributed by atoms with Gasteiger partial charge in [0, 0.05) is 29.0 Å². The standard InChI is InChI=1S/C19H15N2OS/c1-3-21(2)19(22)15(12-20)18-13-8-4-6-10-16(13)23-17-11-7-5-9-14(17)18/h4-11H,1,3H2,2H3. The van der Waals surface area contributed by atoms with Crippen LogP contribution in [0.25, 0.3) is 5.57 Å². The number of hydrogen-bond donors (Lipinski definition) is 0. The van der Waals surface area contributed by atoms with Crippen LogP contribution in [0.3, 0.4) is 0 Å². The second-order valence-corrected chi connectivity index (χ2v) is 6.27. The van der Waals surface area contributed by atoms with Gasteiger partial charge in [0.1, 0.15) is 11.6 Å². The fourth-order valence-electron chi connectivity index (χ4n) is 2.56. The van der Waals surface area contributed by atoms with Gasteiger partial charge in [-0.15, -0.1) is 0 Å². The lowest BCUT2D eigenvalue weighted by Gasteiger charge is -2.24. The fourth-order valence-corrected chi connectivity index (χ4v) is 3.65. The molecule has 1 aliphatic rings. The lowest BCUT2D eigenvalue weighted by atomic mass is 9.92. The topological polar surface area (TPSA) is 44.1 Å². The monoisotopic (exact) mass is 319 g/mol. The van der Waals surface area contributed by atoms with Gasteiger partial charge in [-0.3, -0.25) is 4.79 Å². The molecule has 0 aliphatic carbocycles. The Kier molecular flexibility index (Phi) is 4.22. The molecule has 1 heterocycles. The first-order chi connectivity index (χ1) is 11.2. The Balaban J connectivity index is 2.31. The van der Waals surface area contributed by atoms with E-state index in [0.717, 1.165) is 20.9 Å². The fraction of sp³-hybridized carbons (Fsp3) is 0.105. The predicted octanol–water partition coefficient (Wildman–Crippen LogP) is 3.77. The van der Waals surface area contributed by atoms with E-state index in [2.05, 4.69) is 13.0 Å². The van der Waals surface area contributed by atoms with Crippen molar-refractivity contribution in [3.8, 4) is 6.07 Å². The average molecular weight is 319 g/mol. The molecule has 0 saturated heterocycles. The molecule has 2 aromatic carbocycles. The van der Waals surface area contributed by atoms with Gasteiger partial charge in [-0.05, 0) is 30.2 Å². The summed E-state index contributed by atoms with van der Waals surface area (Å²) in [6.45, 7) is 4.04. The number of nitrogens with zero attached hydrogens (tertiary/aromatic N) is 2. The average Bonchev–Trinajstić information content (AvgIpc) is 2.60. The molecule has 2 aromatic rings. The number of fused-ring (bicyclic) bond motifs is 2. The Morgan fingerprint density at radius 3 is 2.13 bits per heavy atom. The van der Waals surface area contributed by atoms with Gasteiger partial charge in [0.05, 0.1) is 0 Å². The van der Waals surface area contributed by atoms with Crippen LogP contribution in [0.4, 0.5) is 0 Å². The van der Waals surface area contributed by atoms with Gasteiger partial charge in [-0.25, -0.2) is 0 Å². The zero-order valence-corrected chi connectivity index (χ0v) is 13.6. The number of amides is 1. The van der Waals surface area contributed by atoms with Crippen molar-refractivity contribution in [3.63, 3.8) is 0 Å². The summed E-state index contributed by atoms with van der Waals surface area (Å²) in [5.74, 6) is -0.297. The molecule has 113 valence electrons. The zero-order chi connectivity index (χ0) is 16.4. The van der Waals surface area contributed by atoms with Crippen LogP contribution in [0.15, 0.2) is 63.9 Å². The van der Waals surface area contributed by atoms with Crippen LogP contribution in [0, 0.1) is 18.3 Å². The molecule has 1 radical (unpaired) electrons. The highest BCUT2D eigenvalue weighted by atomic mass is 32.2.